The van der Waals surface area contributed by atoms with E-state index in [1.165, 1.54) is 23.9 Å². The van der Waals surface area contributed by atoms with Gasteiger partial charge in [0.15, 0.2) is 16.1 Å². The molecular weight excluding hydrogens is 374 g/mol. The lowest BCUT2D eigenvalue weighted by molar-refractivity contribution is 0.407. The quantitative estimate of drug-likeness (QED) is 0.413. The van der Waals surface area contributed by atoms with E-state index in [4.69, 9.17) is 21.4 Å². The molecule has 4 aromatic rings. The van der Waals surface area contributed by atoms with Crippen LogP contribution in [0.4, 0.5) is 8.78 Å². The number of para-hydroxylation sites is 1. The molecule has 8 heteroatoms. The Morgan fingerprint density at radius 2 is 2.00 bits per heavy atom. The number of halogens is 2. The van der Waals surface area contributed by atoms with E-state index in [1.54, 1.807) is 24.3 Å². The minimum Gasteiger partial charge on any atom is -0.493 e. The van der Waals surface area contributed by atoms with Crippen molar-refractivity contribution in [3.63, 3.8) is 0 Å². The summed E-state index contributed by atoms with van der Waals surface area (Å²) in [6.45, 7) is 0. The number of nitrogens with zero attached hydrogens (tertiary/aromatic N) is 1. The summed E-state index contributed by atoms with van der Waals surface area (Å²) in [4.78, 5) is 15.3. The van der Waals surface area contributed by atoms with Gasteiger partial charge in [-0.2, -0.15) is 0 Å². The first-order chi connectivity index (χ1) is 13.0. The summed E-state index contributed by atoms with van der Waals surface area (Å²) >= 11 is 5.22. The second kappa shape index (κ2) is 6.48. The van der Waals surface area contributed by atoms with Crippen molar-refractivity contribution in [1.82, 2.24) is 9.55 Å². The third kappa shape index (κ3) is 2.93. The fourth-order valence-corrected chi connectivity index (χ4v) is 3.12. The zero-order chi connectivity index (χ0) is 19.1. The van der Waals surface area contributed by atoms with Gasteiger partial charge in [-0.15, -0.1) is 0 Å². The molecule has 0 aliphatic heterocycles. The standard InChI is InChI=1S/C19H12F2N2O3S/c1-25-16-4-2-3-10-7-12(18(24)26-17(10)16)14-9-23(19(27)22-14)15-6-5-11(20)8-13(15)21/h2-9H,1H3,(H,22,27). The molecule has 2 aromatic carbocycles. The molecule has 0 aliphatic carbocycles. The van der Waals surface area contributed by atoms with Crippen LogP contribution in [0.1, 0.15) is 0 Å². The Morgan fingerprint density at radius 1 is 1.19 bits per heavy atom. The summed E-state index contributed by atoms with van der Waals surface area (Å²) < 4.78 is 39.3. The van der Waals surface area contributed by atoms with Gasteiger partial charge in [-0.25, -0.2) is 13.6 Å². The average molecular weight is 386 g/mol. The van der Waals surface area contributed by atoms with E-state index >= 15 is 0 Å². The van der Waals surface area contributed by atoms with Gasteiger partial charge in [0.05, 0.1) is 24.1 Å². The first-order valence-corrected chi connectivity index (χ1v) is 8.27. The van der Waals surface area contributed by atoms with Crippen molar-refractivity contribution >= 4 is 23.2 Å². The lowest BCUT2D eigenvalue weighted by Crippen LogP contribution is -2.03. The normalized spacial score (nSPS) is 11.1. The molecule has 0 amide bonds. The van der Waals surface area contributed by atoms with Crippen molar-refractivity contribution in [3.05, 3.63) is 75.5 Å². The highest BCUT2D eigenvalue weighted by Gasteiger charge is 2.15. The van der Waals surface area contributed by atoms with Gasteiger partial charge < -0.3 is 14.1 Å². The molecule has 0 aliphatic rings. The highest BCUT2D eigenvalue weighted by molar-refractivity contribution is 7.71. The summed E-state index contributed by atoms with van der Waals surface area (Å²) in [5.74, 6) is -1.02. The van der Waals surface area contributed by atoms with Crippen LogP contribution in [0.15, 0.2) is 57.9 Å². The number of H-pyrrole nitrogens is 1. The fourth-order valence-electron chi connectivity index (χ4n) is 2.85. The number of aromatic nitrogens is 2. The summed E-state index contributed by atoms with van der Waals surface area (Å²) in [7, 11) is 1.48. The fraction of sp³-hybridized carbons (Fsp3) is 0.0526. The maximum atomic E-state index is 14.1. The number of methoxy groups -OCH3 is 1. The summed E-state index contributed by atoms with van der Waals surface area (Å²) in [6.07, 6.45) is 1.47. The van der Waals surface area contributed by atoms with Gasteiger partial charge in [0, 0.05) is 17.6 Å². The molecule has 0 fully saturated rings. The molecule has 0 spiro atoms. The average Bonchev–Trinajstić information content (AvgIpc) is 3.02. The first-order valence-electron chi connectivity index (χ1n) is 7.86. The topological polar surface area (TPSA) is 60.2 Å². The van der Waals surface area contributed by atoms with Gasteiger partial charge in [-0.1, -0.05) is 12.1 Å². The molecule has 0 saturated heterocycles. The van der Waals surface area contributed by atoms with Crippen LogP contribution in [0, 0.1) is 16.4 Å². The van der Waals surface area contributed by atoms with Crippen molar-refractivity contribution in [2.24, 2.45) is 0 Å². The van der Waals surface area contributed by atoms with Gasteiger partial charge in [0.2, 0.25) is 0 Å². The molecule has 2 heterocycles. The van der Waals surface area contributed by atoms with E-state index in [-0.39, 0.29) is 16.0 Å². The van der Waals surface area contributed by atoms with Crippen LogP contribution in [-0.2, 0) is 0 Å². The molecule has 27 heavy (non-hydrogen) atoms. The molecule has 1 N–H and O–H groups in total. The van der Waals surface area contributed by atoms with Gasteiger partial charge in [-0.05, 0) is 36.5 Å². The van der Waals surface area contributed by atoms with Crippen LogP contribution in [0.3, 0.4) is 0 Å². The number of hydrogen-bond acceptors (Lipinski definition) is 4. The van der Waals surface area contributed by atoms with Crippen LogP contribution in [0.25, 0.3) is 27.9 Å². The number of fused-ring (bicyclic) bond motifs is 1. The number of imidazole rings is 1. The number of hydrogen-bond donors (Lipinski definition) is 1. The molecule has 2 aromatic heterocycles. The Bertz CT molecular complexity index is 1290. The number of benzene rings is 2. The van der Waals surface area contributed by atoms with Crippen molar-refractivity contribution in [2.75, 3.05) is 7.11 Å². The van der Waals surface area contributed by atoms with E-state index in [0.717, 1.165) is 12.1 Å². The van der Waals surface area contributed by atoms with Crippen LogP contribution in [0.2, 0.25) is 0 Å². The SMILES string of the molecule is COc1cccc2cc(-c3cn(-c4ccc(F)cc4F)c(=S)[nH]3)c(=O)oc12. The van der Waals surface area contributed by atoms with E-state index < -0.39 is 17.3 Å². The van der Waals surface area contributed by atoms with Gasteiger partial charge >= 0.3 is 5.63 Å². The summed E-state index contributed by atoms with van der Waals surface area (Å²) in [5.41, 5.74) is 0.368. The van der Waals surface area contributed by atoms with Crippen molar-refractivity contribution in [1.29, 1.82) is 0 Å². The molecule has 136 valence electrons. The van der Waals surface area contributed by atoms with Crippen molar-refractivity contribution < 1.29 is 17.9 Å². The molecule has 0 radical (unpaired) electrons. The zero-order valence-corrected chi connectivity index (χ0v) is 14.8. The Labute approximate surface area is 156 Å². The maximum absolute atomic E-state index is 14.1. The van der Waals surface area contributed by atoms with Crippen LogP contribution in [-0.4, -0.2) is 16.7 Å². The largest absolute Gasteiger partial charge is 0.493 e. The minimum absolute atomic E-state index is 0.0655. The highest BCUT2D eigenvalue weighted by Crippen LogP contribution is 2.27. The monoisotopic (exact) mass is 386 g/mol. The zero-order valence-electron chi connectivity index (χ0n) is 14.0. The lowest BCUT2D eigenvalue weighted by Gasteiger charge is -2.05. The molecular formula is C19H12F2N2O3S. The van der Waals surface area contributed by atoms with Crippen molar-refractivity contribution in [3.8, 4) is 22.7 Å². The minimum atomic E-state index is -0.771. The second-order valence-corrected chi connectivity index (χ2v) is 6.15. The molecule has 4 rings (SSSR count). The van der Waals surface area contributed by atoms with E-state index in [9.17, 15) is 13.6 Å². The van der Waals surface area contributed by atoms with Crippen LogP contribution in [0.5, 0.6) is 5.75 Å². The summed E-state index contributed by atoms with van der Waals surface area (Å²) in [5, 5.41) is 0.656. The maximum Gasteiger partial charge on any atom is 0.345 e. The summed E-state index contributed by atoms with van der Waals surface area (Å²) in [6, 6.07) is 10.0. The number of nitrogens with one attached hydrogen (secondary N) is 1. The van der Waals surface area contributed by atoms with Gasteiger partial charge in [-0.3, -0.25) is 4.57 Å². The van der Waals surface area contributed by atoms with Crippen molar-refractivity contribution in [2.45, 2.75) is 0 Å². The molecule has 0 saturated carbocycles. The first kappa shape index (κ1) is 17.2. The van der Waals surface area contributed by atoms with E-state index in [1.807, 2.05) is 0 Å². The molecule has 0 atom stereocenters. The van der Waals surface area contributed by atoms with Gasteiger partial charge in [0.1, 0.15) is 11.6 Å². The highest BCUT2D eigenvalue weighted by atomic mass is 32.1. The van der Waals surface area contributed by atoms with Crippen LogP contribution < -0.4 is 10.4 Å². The predicted molar refractivity (Wildman–Crippen MR) is 98.9 cm³/mol. The third-order valence-electron chi connectivity index (χ3n) is 4.12. The molecule has 0 unspecified atom stereocenters. The number of aromatic amines is 1. The Kier molecular flexibility index (Phi) is 4.12. The predicted octanol–water partition coefficient (Wildman–Crippen LogP) is 4.60. The Hall–Kier alpha value is -3.26. The number of rotatable bonds is 3. The smallest absolute Gasteiger partial charge is 0.345 e. The molecule has 5 nitrogen and oxygen atoms in total. The second-order valence-electron chi connectivity index (χ2n) is 5.76. The third-order valence-corrected chi connectivity index (χ3v) is 4.42. The Balaban J connectivity index is 1.89. The Morgan fingerprint density at radius 3 is 2.74 bits per heavy atom. The lowest BCUT2D eigenvalue weighted by atomic mass is 10.1. The number of ether oxygens (including phenoxy) is 1. The van der Waals surface area contributed by atoms with Gasteiger partial charge in [0.25, 0.3) is 0 Å². The molecule has 0 bridgehead atoms. The van der Waals surface area contributed by atoms with E-state index in [2.05, 4.69) is 4.98 Å². The van der Waals surface area contributed by atoms with Crippen LogP contribution >= 0.6 is 12.2 Å². The van der Waals surface area contributed by atoms with E-state index in [0.29, 0.717) is 22.4 Å².